The predicted molar refractivity (Wildman–Crippen MR) is 71.1 cm³/mol. The van der Waals surface area contributed by atoms with Crippen LogP contribution in [0.1, 0.15) is 12.8 Å². The number of hydrogen-bond acceptors (Lipinski definition) is 3. The van der Waals surface area contributed by atoms with Crippen molar-refractivity contribution in [2.45, 2.75) is 12.8 Å². The zero-order valence-corrected chi connectivity index (χ0v) is 10.8. The maximum Gasteiger partial charge on any atom is 0.145 e. The Hall–Kier alpha value is -1.53. The summed E-state index contributed by atoms with van der Waals surface area (Å²) in [5.41, 5.74) is 0.843. The van der Waals surface area contributed by atoms with E-state index in [2.05, 4.69) is 11.2 Å². The van der Waals surface area contributed by atoms with Crippen LogP contribution in [0.4, 0.5) is 5.69 Å². The number of nitrogens with one attached hydrogen (secondary N) is 1. The highest BCUT2D eigenvalue weighted by Gasteiger charge is 2.09. The monoisotopic (exact) mass is 253 g/mol. The first-order chi connectivity index (χ1) is 8.22. The number of methoxy groups -OCH3 is 2. The molecule has 1 aromatic rings. The highest BCUT2D eigenvalue weighted by molar-refractivity contribution is 6.32. The van der Waals surface area contributed by atoms with Crippen LogP contribution >= 0.6 is 11.6 Å². The largest absolute Gasteiger partial charge is 0.495 e. The molecule has 0 spiro atoms. The highest BCUT2D eigenvalue weighted by Crippen LogP contribution is 2.35. The quantitative estimate of drug-likeness (QED) is 0.624. The normalized spacial score (nSPS) is 9.53. The number of terminal acetylenes is 1. The van der Waals surface area contributed by atoms with Crippen molar-refractivity contribution in [2.75, 3.05) is 26.1 Å². The van der Waals surface area contributed by atoms with Gasteiger partial charge in [0.15, 0.2) is 0 Å². The number of anilines is 1. The van der Waals surface area contributed by atoms with E-state index in [-0.39, 0.29) is 0 Å². The van der Waals surface area contributed by atoms with E-state index in [4.69, 9.17) is 27.5 Å². The molecule has 0 bridgehead atoms. The Morgan fingerprint density at radius 2 is 2.00 bits per heavy atom. The molecule has 0 amide bonds. The molecule has 0 saturated heterocycles. The smallest absolute Gasteiger partial charge is 0.145 e. The van der Waals surface area contributed by atoms with Crippen molar-refractivity contribution in [2.24, 2.45) is 0 Å². The Bertz CT molecular complexity index is 413. The van der Waals surface area contributed by atoms with Gasteiger partial charge >= 0.3 is 0 Å². The Kier molecular flexibility index (Phi) is 5.51. The summed E-state index contributed by atoms with van der Waals surface area (Å²) in [6.45, 7) is 0.781. The van der Waals surface area contributed by atoms with E-state index in [1.165, 1.54) is 0 Å². The first-order valence-electron chi connectivity index (χ1n) is 5.31. The number of benzene rings is 1. The van der Waals surface area contributed by atoms with Gasteiger partial charge in [0.1, 0.15) is 11.5 Å². The minimum absolute atomic E-state index is 0.549. The summed E-state index contributed by atoms with van der Waals surface area (Å²) in [7, 11) is 3.18. The zero-order valence-electron chi connectivity index (χ0n) is 10.0. The molecule has 1 rings (SSSR count). The number of unbranched alkanes of at least 4 members (excludes halogenated alkanes) is 1. The van der Waals surface area contributed by atoms with Crippen LogP contribution in [0.3, 0.4) is 0 Å². The average molecular weight is 254 g/mol. The summed E-state index contributed by atoms with van der Waals surface area (Å²) in [6.07, 6.45) is 6.84. The fraction of sp³-hybridized carbons (Fsp3) is 0.385. The molecule has 4 heteroatoms. The fourth-order valence-electron chi connectivity index (χ4n) is 1.41. The van der Waals surface area contributed by atoms with Gasteiger partial charge in [-0.3, -0.25) is 0 Å². The topological polar surface area (TPSA) is 30.5 Å². The van der Waals surface area contributed by atoms with E-state index >= 15 is 0 Å². The van der Waals surface area contributed by atoms with Crippen molar-refractivity contribution < 1.29 is 9.47 Å². The molecule has 3 nitrogen and oxygen atoms in total. The van der Waals surface area contributed by atoms with Crippen molar-refractivity contribution in [3.63, 3.8) is 0 Å². The van der Waals surface area contributed by atoms with Crippen molar-refractivity contribution in [3.8, 4) is 23.8 Å². The van der Waals surface area contributed by atoms with Gasteiger partial charge in [-0.2, -0.15) is 0 Å². The van der Waals surface area contributed by atoms with E-state index < -0.39 is 0 Å². The molecule has 0 heterocycles. The van der Waals surface area contributed by atoms with Crippen molar-refractivity contribution >= 4 is 17.3 Å². The van der Waals surface area contributed by atoms with Crippen LogP contribution < -0.4 is 14.8 Å². The van der Waals surface area contributed by atoms with Gasteiger partial charge in [-0.1, -0.05) is 11.6 Å². The van der Waals surface area contributed by atoms with Gasteiger partial charge in [-0.15, -0.1) is 12.3 Å². The Morgan fingerprint density at radius 1 is 1.29 bits per heavy atom. The summed E-state index contributed by atoms with van der Waals surface area (Å²) in [6, 6.07) is 3.54. The minimum atomic E-state index is 0.549. The molecular formula is C13H16ClNO2. The molecule has 0 unspecified atom stereocenters. The maximum absolute atomic E-state index is 6.05. The van der Waals surface area contributed by atoms with Crippen molar-refractivity contribution in [1.82, 2.24) is 0 Å². The van der Waals surface area contributed by atoms with Gasteiger partial charge in [-0.05, 0) is 12.5 Å². The second kappa shape index (κ2) is 6.93. The molecule has 17 heavy (non-hydrogen) atoms. The van der Waals surface area contributed by atoms with Gasteiger partial charge in [-0.25, -0.2) is 0 Å². The van der Waals surface area contributed by atoms with Gasteiger partial charge in [0, 0.05) is 19.0 Å². The molecule has 0 aliphatic heterocycles. The van der Waals surface area contributed by atoms with Crippen LogP contribution in [0.5, 0.6) is 11.5 Å². The van der Waals surface area contributed by atoms with Crippen LogP contribution in [-0.2, 0) is 0 Å². The third-order valence-electron chi connectivity index (χ3n) is 2.29. The second-order valence-electron chi connectivity index (χ2n) is 3.42. The molecule has 0 atom stereocenters. The van der Waals surface area contributed by atoms with Gasteiger partial charge in [0.05, 0.1) is 24.9 Å². The van der Waals surface area contributed by atoms with E-state index in [9.17, 15) is 0 Å². The van der Waals surface area contributed by atoms with E-state index in [1.807, 2.05) is 0 Å². The van der Waals surface area contributed by atoms with E-state index in [0.717, 1.165) is 25.1 Å². The van der Waals surface area contributed by atoms with Gasteiger partial charge in [0.25, 0.3) is 0 Å². The first-order valence-corrected chi connectivity index (χ1v) is 5.69. The van der Waals surface area contributed by atoms with Gasteiger partial charge < -0.3 is 14.8 Å². The molecule has 1 N–H and O–H groups in total. The molecular weight excluding hydrogens is 238 g/mol. The third kappa shape index (κ3) is 3.76. The fourth-order valence-corrected chi connectivity index (χ4v) is 1.65. The average Bonchev–Trinajstić information content (AvgIpc) is 2.35. The van der Waals surface area contributed by atoms with Crippen LogP contribution in [0, 0.1) is 12.3 Å². The molecule has 0 aromatic heterocycles. The van der Waals surface area contributed by atoms with Gasteiger partial charge in [0.2, 0.25) is 0 Å². The lowest BCUT2D eigenvalue weighted by atomic mass is 10.2. The summed E-state index contributed by atoms with van der Waals surface area (Å²) in [5.74, 6) is 3.89. The lowest BCUT2D eigenvalue weighted by molar-refractivity contribution is 0.395. The lowest BCUT2D eigenvalue weighted by Gasteiger charge is -2.13. The van der Waals surface area contributed by atoms with Crippen molar-refractivity contribution in [1.29, 1.82) is 0 Å². The number of ether oxygens (including phenoxy) is 2. The summed E-state index contributed by atoms with van der Waals surface area (Å²) in [5, 5.41) is 3.78. The Morgan fingerprint density at radius 3 is 2.59 bits per heavy atom. The summed E-state index contributed by atoms with van der Waals surface area (Å²) >= 11 is 6.05. The zero-order chi connectivity index (χ0) is 12.7. The maximum atomic E-state index is 6.05. The molecule has 0 aliphatic carbocycles. The van der Waals surface area contributed by atoms with E-state index in [1.54, 1.807) is 26.4 Å². The van der Waals surface area contributed by atoms with Crippen LogP contribution in [0.2, 0.25) is 5.02 Å². The van der Waals surface area contributed by atoms with Crippen LogP contribution in [0.25, 0.3) is 0 Å². The second-order valence-corrected chi connectivity index (χ2v) is 3.83. The van der Waals surface area contributed by atoms with Crippen LogP contribution in [-0.4, -0.2) is 20.8 Å². The number of halogens is 1. The molecule has 0 aliphatic rings. The molecule has 0 fully saturated rings. The SMILES string of the molecule is C#CCCCNc1cc(Cl)c(OC)cc1OC. The number of rotatable bonds is 6. The van der Waals surface area contributed by atoms with Crippen LogP contribution in [0.15, 0.2) is 12.1 Å². The first kappa shape index (κ1) is 13.5. The predicted octanol–water partition coefficient (Wildman–Crippen LogP) is 3.18. The Balaban J connectivity index is 2.77. The lowest BCUT2D eigenvalue weighted by Crippen LogP contribution is -2.03. The number of hydrogen-bond donors (Lipinski definition) is 1. The van der Waals surface area contributed by atoms with E-state index in [0.29, 0.717) is 16.5 Å². The molecule has 1 aromatic carbocycles. The summed E-state index contributed by atoms with van der Waals surface area (Å²) in [4.78, 5) is 0. The molecule has 92 valence electrons. The van der Waals surface area contributed by atoms with Crippen molar-refractivity contribution in [3.05, 3.63) is 17.2 Å². The summed E-state index contributed by atoms with van der Waals surface area (Å²) < 4.78 is 10.4. The Labute approximate surface area is 107 Å². The standard InChI is InChI=1S/C13H16ClNO2/c1-4-5-6-7-15-11-8-10(14)12(16-2)9-13(11)17-3/h1,8-9,15H,5-7H2,2-3H3. The highest BCUT2D eigenvalue weighted by atomic mass is 35.5. The molecule has 0 saturated carbocycles. The minimum Gasteiger partial charge on any atom is -0.495 e. The molecule has 0 radical (unpaired) electrons. The third-order valence-corrected chi connectivity index (χ3v) is 2.58.